The third-order valence-electron chi connectivity index (χ3n) is 4.04. The zero-order valence-electron chi connectivity index (χ0n) is 14.7. The Bertz CT molecular complexity index is 682. The second-order valence-corrected chi connectivity index (χ2v) is 6.61. The minimum atomic E-state index is -0.216. The standard InChI is InChI=1S/C19H25N3O2S/c1-3-22(4-2)14-16-9-6-5-8-15(16)12-20-18(23)13-21-19(24)17-10-7-11-25-17/h5-11H,3-4,12-14H2,1-2H3,(H,20,23)(H,21,24). The van der Waals surface area contributed by atoms with Crippen LogP contribution in [0, 0.1) is 0 Å². The lowest BCUT2D eigenvalue weighted by atomic mass is 10.1. The van der Waals surface area contributed by atoms with Crippen molar-refractivity contribution >= 4 is 23.2 Å². The second-order valence-electron chi connectivity index (χ2n) is 5.67. The van der Waals surface area contributed by atoms with Gasteiger partial charge < -0.3 is 10.6 Å². The molecule has 0 unspecified atom stereocenters. The van der Waals surface area contributed by atoms with Gasteiger partial charge in [0.2, 0.25) is 5.91 Å². The van der Waals surface area contributed by atoms with Gasteiger partial charge in [-0.3, -0.25) is 14.5 Å². The van der Waals surface area contributed by atoms with E-state index in [9.17, 15) is 9.59 Å². The van der Waals surface area contributed by atoms with Gasteiger partial charge in [-0.05, 0) is 35.7 Å². The number of carbonyl (C=O) groups excluding carboxylic acids is 2. The smallest absolute Gasteiger partial charge is 0.261 e. The molecule has 2 aromatic rings. The molecule has 0 radical (unpaired) electrons. The van der Waals surface area contributed by atoms with E-state index in [1.54, 1.807) is 6.07 Å². The molecule has 2 rings (SSSR count). The van der Waals surface area contributed by atoms with Crippen LogP contribution in [0.15, 0.2) is 41.8 Å². The minimum absolute atomic E-state index is 0.0189. The van der Waals surface area contributed by atoms with Crippen LogP contribution in [0.5, 0.6) is 0 Å². The maximum absolute atomic E-state index is 12.0. The van der Waals surface area contributed by atoms with Gasteiger partial charge in [0.1, 0.15) is 0 Å². The average Bonchev–Trinajstić information content (AvgIpc) is 3.18. The van der Waals surface area contributed by atoms with Crippen molar-refractivity contribution in [3.8, 4) is 0 Å². The van der Waals surface area contributed by atoms with Gasteiger partial charge in [-0.15, -0.1) is 11.3 Å². The number of amides is 2. The summed E-state index contributed by atoms with van der Waals surface area (Å²) in [5, 5.41) is 7.35. The van der Waals surface area contributed by atoms with Crippen molar-refractivity contribution in [2.24, 2.45) is 0 Å². The second kappa shape index (κ2) is 9.96. The largest absolute Gasteiger partial charge is 0.350 e. The Labute approximate surface area is 153 Å². The topological polar surface area (TPSA) is 61.4 Å². The first-order chi connectivity index (χ1) is 12.1. The van der Waals surface area contributed by atoms with Crippen LogP contribution in [0.3, 0.4) is 0 Å². The highest BCUT2D eigenvalue weighted by molar-refractivity contribution is 7.12. The molecule has 0 spiro atoms. The van der Waals surface area contributed by atoms with Gasteiger partial charge in [0, 0.05) is 13.1 Å². The number of hydrogen-bond acceptors (Lipinski definition) is 4. The van der Waals surface area contributed by atoms with Crippen molar-refractivity contribution in [3.63, 3.8) is 0 Å². The van der Waals surface area contributed by atoms with E-state index in [0.717, 1.165) is 25.2 Å². The number of nitrogens with zero attached hydrogens (tertiary/aromatic N) is 1. The first-order valence-electron chi connectivity index (χ1n) is 8.51. The highest BCUT2D eigenvalue weighted by Gasteiger charge is 2.10. The Morgan fingerprint density at radius 1 is 1.00 bits per heavy atom. The maximum Gasteiger partial charge on any atom is 0.261 e. The van der Waals surface area contributed by atoms with Gasteiger partial charge in [-0.2, -0.15) is 0 Å². The number of hydrogen-bond donors (Lipinski definition) is 2. The Hall–Kier alpha value is -2.18. The van der Waals surface area contributed by atoms with Crippen LogP contribution in [0.1, 0.15) is 34.6 Å². The SMILES string of the molecule is CCN(CC)Cc1ccccc1CNC(=O)CNC(=O)c1cccs1. The summed E-state index contributed by atoms with van der Waals surface area (Å²) in [6.45, 7) is 7.58. The molecule has 1 aromatic carbocycles. The van der Waals surface area contributed by atoms with Crippen LogP contribution < -0.4 is 10.6 Å². The van der Waals surface area contributed by atoms with Crippen molar-refractivity contribution < 1.29 is 9.59 Å². The van der Waals surface area contributed by atoms with E-state index in [0.29, 0.717) is 11.4 Å². The van der Waals surface area contributed by atoms with Crippen molar-refractivity contribution in [3.05, 3.63) is 57.8 Å². The summed E-state index contributed by atoms with van der Waals surface area (Å²) in [5.74, 6) is -0.408. The van der Waals surface area contributed by atoms with Crippen molar-refractivity contribution in [1.82, 2.24) is 15.5 Å². The fourth-order valence-corrected chi connectivity index (χ4v) is 3.12. The zero-order chi connectivity index (χ0) is 18.1. The summed E-state index contributed by atoms with van der Waals surface area (Å²) in [6.07, 6.45) is 0. The monoisotopic (exact) mass is 359 g/mol. The molecule has 0 saturated heterocycles. The van der Waals surface area contributed by atoms with Gasteiger partial charge >= 0.3 is 0 Å². The predicted molar refractivity (Wildman–Crippen MR) is 102 cm³/mol. The molecule has 1 heterocycles. The van der Waals surface area contributed by atoms with E-state index >= 15 is 0 Å². The molecule has 0 saturated carbocycles. The van der Waals surface area contributed by atoms with Crippen LogP contribution >= 0.6 is 11.3 Å². The molecule has 0 bridgehead atoms. The fraction of sp³-hybridized carbons (Fsp3) is 0.368. The molecule has 25 heavy (non-hydrogen) atoms. The highest BCUT2D eigenvalue weighted by Crippen LogP contribution is 2.11. The van der Waals surface area contributed by atoms with Crippen LogP contribution in [0.4, 0.5) is 0 Å². The molecular formula is C19H25N3O2S. The number of benzene rings is 1. The van der Waals surface area contributed by atoms with Crippen molar-refractivity contribution in [1.29, 1.82) is 0 Å². The number of thiophene rings is 1. The van der Waals surface area contributed by atoms with Crippen LogP contribution in [0.2, 0.25) is 0 Å². The molecule has 0 aliphatic heterocycles. The quantitative estimate of drug-likeness (QED) is 0.723. The van der Waals surface area contributed by atoms with E-state index in [1.165, 1.54) is 16.9 Å². The van der Waals surface area contributed by atoms with E-state index < -0.39 is 0 Å². The highest BCUT2D eigenvalue weighted by atomic mass is 32.1. The van der Waals surface area contributed by atoms with Crippen LogP contribution in [0.25, 0.3) is 0 Å². The average molecular weight is 359 g/mol. The molecule has 6 heteroatoms. The molecule has 134 valence electrons. The molecule has 5 nitrogen and oxygen atoms in total. The first kappa shape index (κ1) is 19.1. The molecular weight excluding hydrogens is 334 g/mol. The lowest BCUT2D eigenvalue weighted by Crippen LogP contribution is -2.36. The molecule has 2 amide bonds. The normalized spacial score (nSPS) is 10.7. The lowest BCUT2D eigenvalue weighted by Gasteiger charge is -2.20. The van der Waals surface area contributed by atoms with Crippen molar-refractivity contribution in [2.45, 2.75) is 26.9 Å². The Kier molecular flexibility index (Phi) is 7.63. The predicted octanol–water partition coefficient (Wildman–Crippen LogP) is 2.64. The minimum Gasteiger partial charge on any atom is -0.350 e. The zero-order valence-corrected chi connectivity index (χ0v) is 15.6. The summed E-state index contributed by atoms with van der Waals surface area (Å²) in [7, 11) is 0. The third kappa shape index (κ3) is 5.99. The van der Waals surface area contributed by atoms with Crippen LogP contribution in [-0.2, 0) is 17.9 Å². The first-order valence-corrected chi connectivity index (χ1v) is 9.39. The van der Waals surface area contributed by atoms with Crippen molar-refractivity contribution in [2.75, 3.05) is 19.6 Å². The molecule has 0 atom stereocenters. The maximum atomic E-state index is 12.0. The van der Waals surface area contributed by atoms with E-state index in [2.05, 4.69) is 35.4 Å². The van der Waals surface area contributed by atoms with Gasteiger partial charge in [0.15, 0.2) is 0 Å². The number of carbonyl (C=O) groups is 2. The Balaban J connectivity index is 1.84. The molecule has 1 aromatic heterocycles. The fourth-order valence-electron chi connectivity index (χ4n) is 2.48. The summed E-state index contributed by atoms with van der Waals surface area (Å²) < 4.78 is 0. The summed E-state index contributed by atoms with van der Waals surface area (Å²) >= 11 is 1.36. The summed E-state index contributed by atoms with van der Waals surface area (Å²) in [4.78, 5) is 26.8. The number of nitrogens with one attached hydrogen (secondary N) is 2. The molecule has 0 fully saturated rings. The summed E-state index contributed by atoms with van der Waals surface area (Å²) in [5.41, 5.74) is 2.32. The third-order valence-corrected chi connectivity index (χ3v) is 4.91. The van der Waals surface area contributed by atoms with E-state index in [4.69, 9.17) is 0 Å². The number of rotatable bonds is 9. The van der Waals surface area contributed by atoms with Gasteiger partial charge in [0.05, 0.1) is 11.4 Å². The van der Waals surface area contributed by atoms with E-state index in [1.807, 2.05) is 29.6 Å². The van der Waals surface area contributed by atoms with Gasteiger partial charge in [-0.25, -0.2) is 0 Å². The Morgan fingerprint density at radius 3 is 2.36 bits per heavy atom. The van der Waals surface area contributed by atoms with Crippen LogP contribution in [-0.4, -0.2) is 36.3 Å². The molecule has 0 aliphatic rings. The lowest BCUT2D eigenvalue weighted by molar-refractivity contribution is -0.120. The van der Waals surface area contributed by atoms with Gasteiger partial charge in [-0.1, -0.05) is 44.2 Å². The van der Waals surface area contributed by atoms with Gasteiger partial charge in [0.25, 0.3) is 5.91 Å². The molecule has 0 aliphatic carbocycles. The summed E-state index contributed by atoms with van der Waals surface area (Å²) in [6, 6.07) is 11.7. The van der Waals surface area contributed by atoms with E-state index in [-0.39, 0.29) is 18.4 Å². The Morgan fingerprint density at radius 2 is 1.72 bits per heavy atom. The molecule has 2 N–H and O–H groups in total.